The number of hydrogen-bond donors (Lipinski definition) is 0. The summed E-state index contributed by atoms with van der Waals surface area (Å²) in [6.07, 6.45) is 17.9. The van der Waals surface area contributed by atoms with E-state index in [2.05, 4.69) is 27.9 Å². The summed E-state index contributed by atoms with van der Waals surface area (Å²) in [5.74, 6) is 0. The third kappa shape index (κ3) is 12.5. The summed E-state index contributed by atoms with van der Waals surface area (Å²) in [7, 11) is 4.53. The third-order valence-electron chi connectivity index (χ3n) is 4.60. The summed E-state index contributed by atoms with van der Waals surface area (Å²) in [4.78, 5) is 0. The van der Waals surface area contributed by atoms with Crippen molar-refractivity contribution in [2.75, 3.05) is 20.6 Å². The van der Waals surface area contributed by atoms with Crippen molar-refractivity contribution in [1.29, 1.82) is 0 Å². The molecular weight excluding hydrogens is 278 g/mol. The van der Waals surface area contributed by atoms with E-state index in [9.17, 15) is 0 Å². The van der Waals surface area contributed by atoms with E-state index in [1.807, 2.05) is 0 Å². The zero-order valence-corrected chi connectivity index (χ0v) is 16.1. The molecule has 0 saturated heterocycles. The predicted octanol–water partition coefficient (Wildman–Crippen LogP) is 6.74. The topological polar surface area (TPSA) is 0 Å². The van der Waals surface area contributed by atoms with Gasteiger partial charge in [-0.05, 0) is 12.8 Å². The molecule has 0 aliphatic carbocycles. The monoisotopic (exact) mass is 318 g/mol. The summed E-state index contributed by atoms with van der Waals surface area (Å²) >= 11 is 6.55. The summed E-state index contributed by atoms with van der Waals surface area (Å²) in [5.41, 5.74) is 0.295. The number of alkyl halides is 1. The lowest BCUT2D eigenvalue weighted by Gasteiger charge is -2.34. The molecule has 0 bridgehead atoms. The van der Waals surface area contributed by atoms with Crippen LogP contribution in [0.1, 0.15) is 97.3 Å². The second-order valence-corrected chi connectivity index (χ2v) is 7.76. The van der Waals surface area contributed by atoms with Crippen molar-refractivity contribution in [2.45, 2.75) is 103 Å². The Labute approximate surface area is 140 Å². The molecule has 0 saturated carbocycles. The van der Waals surface area contributed by atoms with E-state index in [1.54, 1.807) is 0 Å². The fourth-order valence-electron chi connectivity index (χ4n) is 3.04. The summed E-state index contributed by atoms with van der Waals surface area (Å²) in [6, 6.07) is 0. The lowest BCUT2D eigenvalue weighted by atomic mass is 10.1. The standard InChI is InChI=1S/C19H41ClN/c1-5-7-8-9-10-11-12-13-14-15-16-17-19(20)21(3,4)18-6-2/h19H,5-18H2,1-4H3/q+1. The third-order valence-corrected chi connectivity index (χ3v) is 5.35. The SMILES string of the molecule is CCCCCCCCCCCCCC(Cl)[N+](C)(C)CCC. The maximum Gasteiger partial charge on any atom is 0.164 e. The maximum absolute atomic E-state index is 6.55. The van der Waals surface area contributed by atoms with Crippen LogP contribution in [-0.2, 0) is 0 Å². The highest BCUT2D eigenvalue weighted by Gasteiger charge is 2.24. The molecule has 0 aliphatic heterocycles. The molecule has 0 aliphatic rings. The van der Waals surface area contributed by atoms with Crippen molar-refractivity contribution in [1.82, 2.24) is 0 Å². The lowest BCUT2D eigenvalue weighted by molar-refractivity contribution is -0.902. The van der Waals surface area contributed by atoms with Crippen LogP contribution in [0.4, 0.5) is 0 Å². The molecule has 0 N–H and O–H groups in total. The first-order valence-corrected chi connectivity index (χ1v) is 9.95. The smallest absolute Gasteiger partial charge is 0.164 e. The molecule has 1 unspecified atom stereocenters. The molecular formula is C19H41ClN+. The number of rotatable bonds is 15. The van der Waals surface area contributed by atoms with Crippen LogP contribution in [-0.4, -0.2) is 30.6 Å². The average Bonchev–Trinajstić information content (AvgIpc) is 2.44. The van der Waals surface area contributed by atoms with E-state index in [0.29, 0.717) is 5.50 Å². The summed E-state index contributed by atoms with van der Waals surface area (Å²) in [5, 5.41) is 0. The van der Waals surface area contributed by atoms with Gasteiger partial charge in [0.2, 0.25) is 0 Å². The van der Waals surface area contributed by atoms with Crippen LogP contribution in [0.25, 0.3) is 0 Å². The Hall–Kier alpha value is 0.250. The Morgan fingerprint density at radius 1 is 0.667 bits per heavy atom. The molecule has 0 amide bonds. The van der Waals surface area contributed by atoms with E-state index >= 15 is 0 Å². The highest BCUT2D eigenvalue weighted by Crippen LogP contribution is 2.19. The molecule has 128 valence electrons. The van der Waals surface area contributed by atoms with E-state index < -0.39 is 0 Å². The minimum absolute atomic E-state index is 0.295. The zero-order valence-electron chi connectivity index (χ0n) is 15.3. The number of quaternary nitrogens is 1. The van der Waals surface area contributed by atoms with Crippen molar-refractivity contribution in [2.24, 2.45) is 0 Å². The van der Waals surface area contributed by atoms with Gasteiger partial charge in [0.15, 0.2) is 5.50 Å². The van der Waals surface area contributed by atoms with Gasteiger partial charge in [0.05, 0.1) is 20.6 Å². The Morgan fingerprint density at radius 3 is 1.52 bits per heavy atom. The van der Waals surface area contributed by atoms with Crippen molar-refractivity contribution in [3.05, 3.63) is 0 Å². The largest absolute Gasteiger partial charge is 0.313 e. The molecule has 0 aromatic heterocycles. The van der Waals surface area contributed by atoms with E-state index in [4.69, 9.17) is 11.6 Å². The number of nitrogens with zero attached hydrogens (tertiary/aromatic N) is 1. The molecule has 0 aromatic rings. The van der Waals surface area contributed by atoms with Gasteiger partial charge in [-0.25, -0.2) is 0 Å². The van der Waals surface area contributed by atoms with E-state index in [-0.39, 0.29) is 0 Å². The molecule has 1 nitrogen and oxygen atoms in total. The van der Waals surface area contributed by atoms with Crippen LogP contribution in [0.5, 0.6) is 0 Å². The normalized spacial score (nSPS) is 13.6. The molecule has 0 aromatic carbocycles. The van der Waals surface area contributed by atoms with Crippen LogP contribution < -0.4 is 0 Å². The first-order chi connectivity index (χ1) is 10.0. The van der Waals surface area contributed by atoms with Crippen LogP contribution in [0.3, 0.4) is 0 Å². The molecule has 21 heavy (non-hydrogen) atoms. The van der Waals surface area contributed by atoms with Crippen LogP contribution >= 0.6 is 11.6 Å². The van der Waals surface area contributed by atoms with Gasteiger partial charge in [-0.2, -0.15) is 0 Å². The predicted molar refractivity (Wildman–Crippen MR) is 98.0 cm³/mol. The van der Waals surface area contributed by atoms with E-state index in [1.165, 1.54) is 90.0 Å². The van der Waals surface area contributed by atoms with Crippen molar-refractivity contribution < 1.29 is 4.48 Å². The summed E-state index contributed by atoms with van der Waals surface area (Å²) < 4.78 is 0.968. The number of hydrogen-bond acceptors (Lipinski definition) is 0. The van der Waals surface area contributed by atoms with Gasteiger partial charge < -0.3 is 4.48 Å². The molecule has 1 atom stereocenters. The van der Waals surface area contributed by atoms with Gasteiger partial charge in [0.25, 0.3) is 0 Å². The molecule has 0 spiro atoms. The molecule has 0 heterocycles. The zero-order chi connectivity index (χ0) is 16.0. The fraction of sp³-hybridized carbons (Fsp3) is 1.00. The highest BCUT2D eigenvalue weighted by atomic mass is 35.5. The van der Waals surface area contributed by atoms with E-state index in [0.717, 1.165) is 4.48 Å². The molecule has 0 radical (unpaired) electrons. The fourth-order valence-corrected chi connectivity index (χ4v) is 3.29. The maximum atomic E-state index is 6.55. The van der Waals surface area contributed by atoms with Gasteiger partial charge in [-0.15, -0.1) is 0 Å². The second kappa shape index (κ2) is 13.9. The van der Waals surface area contributed by atoms with Crippen LogP contribution in [0.15, 0.2) is 0 Å². The van der Waals surface area contributed by atoms with Crippen LogP contribution in [0.2, 0.25) is 0 Å². The summed E-state index contributed by atoms with van der Waals surface area (Å²) in [6.45, 7) is 5.71. The highest BCUT2D eigenvalue weighted by molar-refractivity contribution is 6.19. The minimum atomic E-state index is 0.295. The minimum Gasteiger partial charge on any atom is -0.313 e. The van der Waals surface area contributed by atoms with Crippen LogP contribution in [0, 0.1) is 0 Å². The first kappa shape index (κ1) is 21.2. The van der Waals surface area contributed by atoms with Crippen molar-refractivity contribution in [3.8, 4) is 0 Å². The molecule has 2 heteroatoms. The number of unbranched alkanes of at least 4 members (excludes halogenated alkanes) is 10. The van der Waals surface area contributed by atoms with Gasteiger partial charge in [0.1, 0.15) is 0 Å². The molecule has 0 fully saturated rings. The Kier molecular flexibility index (Phi) is 14.0. The van der Waals surface area contributed by atoms with Crippen molar-refractivity contribution in [3.63, 3.8) is 0 Å². The van der Waals surface area contributed by atoms with Gasteiger partial charge in [0, 0.05) is 6.42 Å². The number of halogens is 1. The Morgan fingerprint density at radius 2 is 1.10 bits per heavy atom. The second-order valence-electron chi connectivity index (χ2n) is 7.26. The quantitative estimate of drug-likeness (QED) is 0.136. The average molecular weight is 319 g/mol. The van der Waals surface area contributed by atoms with Gasteiger partial charge in [-0.3, -0.25) is 0 Å². The van der Waals surface area contributed by atoms with Gasteiger partial charge in [-0.1, -0.05) is 89.7 Å². The molecule has 0 rings (SSSR count). The first-order valence-electron chi connectivity index (χ1n) is 9.51. The lowest BCUT2D eigenvalue weighted by Crippen LogP contribution is -2.46. The Balaban J connectivity index is 3.32. The van der Waals surface area contributed by atoms with Gasteiger partial charge >= 0.3 is 0 Å². The Bertz CT molecular complexity index is 216. The van der Waals surface area contributed by atoms with Crippen molar-refractivity contribution >= 4 is 11.6 Å².